The van der Waals surface area contributed by atoms with Crippen molar-refractivity contribution in [3.63, 3.8) is 0 Å². The van der Waals surface area contributed by atoms with Crippen molar-refractivity contribution in [3.8, 4) is 0 Å². The Hall–Kier alpha value is -0.683. The Kier molecular flexibility index (Phi) is 6.18. The van der Waals surface area contributed by atoms with Crippen LogP contribution in [0.5, 0.6) is 0 Å². The van der Waals surface area contributed by atoms with Crippen LogP contribution in [0.2, 0.25) is 13.1 Å². The van der Waals surface area contributed by atoms with Crippen LogP contribution in [0, 0.1) is 11.3 Å². The van der Waals surface area contributed by atoms with Crippen molar-refractivity contribution in [3.05, 3.63) is 34.9 Å². The molecule has 157 valence electrons. The smallest absolute Gasteiger partial charge is 0.205 e. The lowest BCUT2D eigenvalue weighted by Gasteiger charge is -2.49. The van der Waals surface area contributed by atoms with Crippen LogP contribution in [0.4, 0.5) is 0 Å². The molecular formula is C24H39O3Si. The van der Waals surface area contributed by atoms with Gasteiger partial charge in [0, 0.05) is 12.0 Å². The van der Waals surface area contributed by atoms with Gasteiger partial charge in [0.25, 0.3) is 0 Å². The van der Waals surface area contributed by atoms with E-state index in [1.165, 1.54) is 16.7 Å². The van der Waals surface area contributed by atoms with Gasteiger partial charge in [-0.05, 0) is 79.1 Å². The van der Waals surface area contributed by atoms with Gasteiger partial charge in [0.05, 0.1) is 12.2 Å². The maximum Gasteiger partial charge on any atom is 0.205 e. The first kappa shape index (κ1) is 22.0. The summed E-state index contributed by atoms with van der Waals surface area (Å²) in [5.74, 6) is 0.591. The third-order valence-corrected chi connectivity index (χ3v) is 8.37. The second-order valence-corrected chi connectivity index (χ2v) is 12.7. The molecule has 4 atom stereocenters. The van der Waals surface area contributed by atoms with E-state index in [-0.39, 0.29) is 23.4 Å². The Balaban J connectivity index is 1.96. The van der Waals surface area contributed by atoms with Crippen molar-refractivity contribution in [2.45, 2.75) is 96.4 Å². The van der Waals surface area contributed by atoms with Crippen molar-refractivity contribution in [1.29, 1.82) is 0 Å². The molecule has 0 spiro atoms. The maximum atomic E-state index is 11.6. The van der Waals surface area contributed by atoms with Crippen LogP contribution < -0.4 is 0 Å². The number of hydrogen-bond donors (Lipinski definition) is 2. The fraction of sp³-hybridized carbons (Fsp3) is 0.750. The molecule has 28 heavy (non-hydrogen) atoms. The molecule has 0 aromatic heterocycles. The molecule has 1 aromatic carbocycles. The standard InChI is InChI=1S/C24H39O3Si/c1-22(2,3)21-9-7-8-19(20(21)16-27-28(5)6)17-10-12-23(4)18(15-25)11-13-24(23,26)14-17/h7-9,17-18,25-26H,10-16H2,1-6H3/t17-,18+,23+,24-/m0/s1. The van der Waals surface area contributed by atoms with E-state index in [1.54, 1.807) is 0 Å². The lowest BCUT2D eigenvalue weighted by atomic mass is 9.59. The molecule has 1 aromatic rings. The van der Waals surface area contributed by atoms with E-state index in [0.717, 1.165) is 32.1 Å². The van der Waals surface area contributed by atoms with Crippen molar-refractivity contribution in [1.82, 2.24) is 0 Å². The molecule has 2 aliphatic carbocycles. The van der Waals surface area contributed by atoms with Crippen LogP contribution in [0.1, 0.15) is 82.4 Å². The zero-order valence-corrected chi connectivity index (χ0v) is 19.6. The van der Waals surface area contributed by atoms with Gasteiger partial charge in [0.15, 0.2) is 0 Å². The summed E-state index contributed by atoms with van der Waals surface area (Å²) in [6.45, 7) is 14.3. The summed E-state index contributed by atoms with van der Waals surface area (Å²) < 4.78 is 6.17. The summed E-state index contributed by atoms with van der Waals surface area (Å²) in [5, 5.41) is 21.4. The number of aliphatic hydroxyl groups excluding tert-OH is 1. The van der Waals surface area contributed by atoms with Gasteiger partial charge in [0.2, 0.25) is 9.04 Å². The molecule has 0 aliphatic heterocycles. The molecule has 0 heterocycles. The molecule has 4 heteroatoms. The highest BCUT2D eigenvalue weighted by Gasteiger charge is 2.58. The van der Waals surface area contributed by atoms with E-state index in [0.29, 0.717) is 12.5 Å². The molecule has 0 bridgehead atoms. The first-order valence-corrected chi connectivity index (χ1v) is 13.3. The quantitative estimate of drug-likeness (QED) is 0.668. The lowest BCUT2D eigenvalue weighted by Crippen LogP contribution is -2.50. The van der Waals surface area contributed by atoms with Crippen molar-refractivity contribution in [2.24, 2.45) is 11.3 Å². The Labute approximate surface area is 173 Å². The molecule has 3 nitrogen and oxygen atoms in total. The van der Waals surface area contributed by atoms with Gasteiger partial charge in [-0.1, -0.05) is 45.9 Å². The summed E-state index contributed by atoms with van der Waals surface area (Å²) in [6, 6.07) is 6.70. The predicted octanol–water partition coefficient (Wildman–Crippen LogP) is 5.16. The molecule has 2 fully saturated rings. The van der Waals surface area contributed by atoms with Crippen LogP contribution in [-0.4, -0.2) is 31.5 Å². The molecule has 0 saturated heterocycles. The fourth-order valence-corrected chi connectivity index (χ4v) is 6.21. The summed E-state index contributed by atoms with van der Waals surface area (Å²) in [5.41, 5.74) is 3.34. The van der Waals surface area contributed by atoms with E-state index in [1.807, 2.05) is 0 Å². The molecule has 2 saturated carbocycles. The average molecular weight is 404 g/mol. The monoisotopic (exact) mass is 403 g/mol. The normalized spacial score (nSPS) is 33.3. The van der Waals surface area contributed by atoms with Gasteiger partial charge >= 0.3 is 0 Å². The van der Waals surface area contributed by atoms with E-state index in [2.05, 4.69) is 59.0 Å². The summed E-state index contributed by atoms with van der Waals surface area (Å²) in [4.78, 5) is 0. The SMILES string of the molecule is C[Si](C)OCc1c([C@H]2CC[C@]3(C)[C@@H](CO)CC[C@]3(O)C2)cccc1C(C)(C)C. The average Bonchev–Trinajstić information content (AvgIpc) is 2.88. The Bertz CT molecular complexity index is 696. The van der Waals surface area contributed by atoms with E-state index in [9.17, 15) is 10.2 Å². The molecule has 0 unspecified atom stereocenters. The van der Waals surface area contributed by atoms with Gasteiger partial charge in [0.1, 0.15) is 0 Å². The number of benzene rings is 1. The summed E-state index contributed by atoms with van der Waals surface area (Å²) >= 11 is 0. The molecule has 2 N–H and O–H groups in total. The minimum absolute atomic E-state index is 0.0680. The minimum Gasteiger partial charge on any atom is -0.413 e. The van der Waals surface area contributed by atoms with Gasteiger partial charge in [-0.25, -0.2) is 0 Å². The fourth-order valence-electron chi connectivity index (χ4n) is 5.78. The van der Waals surface area contributed by atoms with Gasteiger partial charge < -0.3 is 14.6 Å². The van der Waals surface area contributed by atoms with Crippen molar-refractivity contribution < 1.29 is 14.6 Å². The first-order valence-electron chi connectivity index (χ1n) is 10.9. The van der Waals surface area contributed by atoms with Crippen LogP contribution >= 0.6 is 0 Å². The van der Waals surface area contributed by atoms with E-state index in [4.69, 9.17) is 4.43 Å². The largest absolute Gasteiger partial charge is 0.413 e. The van der Waals surface area contributed by atoms with Crippen molar-refractivity contribution >= 4 is 9.04 Å². The topological polar surface area (TPSA) is 49.7 Å². The highest BCUT2D eigenvalue weighted by atomic mass is 28.3. The first-order chi connectivity index (χ1) is 13.0. The second-order valence-electron chi connectivity index (χ2n) is 10.6. The van der Waals surface area contributed by atoms with E-state index < -0.39 is 14.6 Å². The maximum absolute atomic E-state index is 11.6. The molecule has 0 amide bonds. The number of rotatable bonds is 5. The Morgan fingerprint density at radius 2 is 1.89 bits per heavy atom. The van der Waals surface area contributed by atoms with Crippen LogP contribution in [0.15, 0.2) is 18.2 Å². The summed E-state index contributed by atoms with van der Waals surface area (Å²) in [6.07, 6.45) is 4.61. The molecule has 3 rings (SSSR count). The zero-order valence-electron chi connectivity index (χ0n) is 18.6. The summed E-state index contributed by atoms with van der Waals surface area (Å²) in [7, 11) is -0.763. The second kappa shape index (κ2) is 7.86. The minimum atomic E-state index is -0.763. The van der Waals surface area contributed by atoms with Gasteiger partial charge in [-0.15, -0.1) is 0 Å². The highest BCUT2D eigenvalue weighted by Crippen LogP contribution is 2.60. The van der Waals surface area contributed by atoms with Crippen LogP contribution in [0.25, 0.3) is 0 Å². The van der Waals surface area contributed by atoms with Crippen molar-refractivity contribution in [2.75, 3.05) is 6.61 Å². The number of hydrogen-bond acceptors (Lipinski definition) is 3. The third kappa shape index (κ3) is 3.85. The van der Waals surface area contributed by atoms with Gasteiger partial charge in [-0.3, -0.25) is 0 Å². The molecular weight excluding hydrogens is 364 g/mol. The van der Waals surface area contributed by atoms with Crippen LogP contribution in [-0.2, 0) is 16.4 Å². The molecule has 1 radical (unpaired) electrons. The third-order valence-electron chi connectivity index (χ3n) is 7.65. The zero-order chi connectivity index (χ0) is 20.7. The van der Waals surface area contributed by atoms with Crippen LogP contribution in [0.3, 0.4) is 0 Å². The lowest BCUT2D eigenvalue weighted by molar-refractivity contribution is -0.110. The Morgan fingerprint density at radius 1 is 1.18 bits per heavy atom. The molecule has 2 aliphatic rings. The Morgan fingerprint density at radius 3 is 2.50 bits per heavy atom. The predicted molar refractivity (Wildman–Crippen MR) is 117 cm³/mol. The van der Waals surface area contributed by atoms with Gasteiger partial charge in [-0.2, -0.15) is 0 Å². The number of aliphatic hydroxyl groups is 2. The highest BCUT2D eigenvalue weighted by molar-refractivity contribution is 6.48. The number of fused-ring (bicyclic) bond motifs is 1. The van der Waals surface area contributed by atoms with E-state index >= 15 is 0 Å².